The predicted molar refractivity (Wildman–Crippen MR) is 85.2 cm³/mol. The quantitative estimate of drug-likeness (QED) is 0.490. The first kappa shape index (κ1) is 14.5. The molecule has 0 unspecified atom stereocenters. The third-order valence-corrected chi connectivity index (χ3v) is 3.89. The van der Waals surface area contributed by atoms with Crippen LogP contribution < -0.4 is 0 Å². The number of rotatable bonds is 3. The average Bonchev–Trinajstić information content (AvgIpc) is 2.89. The summed E-state index contributed by atoms with van der Waals surface area (Å²) >= 11 is 1.64. The summed E-state index contributed by atoms with van der Waals surface area (Å²) in [7, 11) is 0. The molecule has 3 rings (SSSR count). The Morgan fingerprint density at radius 1 is 1.14 bits per heavy atom. The third kappa shape index (κ3) is 2.94. The van der Waals surface area contributed by atoms with Crippen LogP contribution >= 0.6 is 11.8 Å². The molecule has 0 atom stereocenters. The van der Waals surface area contributed by atoms with E-state index >= 15 is 0 Å². The van der Waals surface area contributed by atoms with E-state index in [2.05, 4.69) is 4.99 Å². The number of hydrogen-bond acceptors (Lipinski definition) is 4. The lowest BCUT2D eigenvalue weighted by Crippen LogP contribution is -2.07. The number of hydrogen-bond donors (Lipinski definition) is 0. The van der Waals surface area contributed by atoms with Gasteiger partial charge in [-0.25, -0.2) is 14.2 Å². The van der Waals surface area contributed by atoms with Gasteiger partial charge in [0.25, 0.3) is 0 Å². The monoisotopic (exact) mass is 313 g/mol. The first-order valence-corrected chi connectivity index (χ1v) is 7.81. The fourth-order valence-electron chi connectivity index (χ4n) is 2.02. The van der Waals surface area contributed by atoms with Gasteiger partial charge in [-0.1, -0.05) is 24.3 Å². The van der Waals surface area contributed by atoms with Crippen molar-refractivity contribution >= 4 is 29.7 Å². The first-order chi connectivity index (χ1) is 10.7. The van der Waals surface area contributed by atoms with Gasteiger partial charge in [-0.3, -0.25) is 0 Å². The number of thioether (sulfide) groups is 1. The van der Waals surface area contributed by atoms with Crippen molar-refractivity contribution in [3.05, 3.63) is 71.2 Å². The Kier molecular flexibility index (Phi) is 4.06. The third-order valence-electron chi connectivity index (χ3n) is 3.14. The van der Waals surface area contributed by atoms with Crippen molar-refractivity contribution in [1.29, 1.82) is 0 Å². The number of halogens is 1. The molecule has 0 amide bonds. The smallest absolute Gasteiger partial charge is 0.363 e. The molecule has 0 radical (unpaired) electrons. The van der Waals surface area contributed by atoms with Gasteiger partial charge in [-0.2, -0.15) is 0 Å². The second-order valence-electron chi connectivity index (χ2n) is 4.59. The van der Waals surface area contributed by atoms with Crippen molar-refractivity contribution in [3.8, 4) is 0 Å². The molecular formula is C17H12FNO2S. The molecule has 0 bridgehead atoms. The Labute approximate surface area is 131 Å². The van der Waals surface area contributed by atoms with Crippen LogP contribution in [0.2, 0.25) is 0 Å². The fourth-order valence-corrected chi connectivity index (χ4v) is 2.43. The van der Waals surface area contributed by atoms with Crippen molar-refractivity contribution in [2.75, 3.05) is 6.26 Å². The average molecular weight is 313 g/mol. The summed E-state index contributed by atoms with van der Waals surface area (Å²) in [4.78, 5) is 17.1. The van der Waals surface area contributed by atoms with Crippen LogP contribution in [0.25, 0.3) is 6.08 Å². The molecule has 2 aromatic rings. The molecule has 0 N–H and O–H groups in total. The molecule has 0 fully saturated rings. The number of benzene rings is 2. The Hall–Kier alpha value is -2.40. The highest BCUT2D eigenvalue weighted by atomic mass is 32.2. The Balaban J connectivity index is 1.92. The molecule has 110 valence electrons. The highest BCUT2D eigenvalue weighted by molar-refractivity contribution is 7.98. The Morgan fingerprint density at radius 3 is 2.55 bits per heavy atom. The minimum atomic E-state index is -0.577. The number of cyclic esters (lactones) is 1. The van der Waals surface area contributed by atoms with Crippen LogP contribution in [-0.2, 0) is 9.53 Å². The molecule has 0 spiro atoms. The zero-order valence-corrected chi connectivity index (χ0v) is 12.6. The molecule has 1 aliphatic rings. The zero-order chi connectivity index (χ0) is 15.5. The number of carbonyl (C=O) groups excluding carboxylic acids is 1. The summed E-state index contributed by atoms with van der Waals surface area (Å²) in [5.41, 5.74) is 1.18. The molecule has 0 saturated heterocycles. The van der Waals surface area contributed by atoms with E-state index in [1.165, 1.54) is 12.1 Å². The SMILES string of the molecule is CSc1ccc(/C=C2\N=C(c3ccccc3F)OC2=O)cc1. The molecular weight excluding hydrogens is 301 g/mol. The van der Waals surface area contributed by atoms with Gasteiger partial charge in [0.2, 0.25) is 5.90 Å². The van der Waals surface area contributed by atoms with Crippen LogP contribution in [0, 0.1) is 5.82 Å². The van der Waals surface area contributed by atoms with Gasteiger partial charge >= 0.3 is 5.97 Å². The Morgan fingerprint density at radius 2 is 1.86 bits per heavy atom. The van der Waals surface area contributed by atoms with Gasteiger partial charge in [0, 0.05) is 4.90 Å². The van der Waals surface area contributed by atoms with E-state index in [1.807, 2.05) is 30.5 Å². The first-order valence-electron chi connectivity index (χ1n) is 6.59. The lowest BCUT2D eigenvalue weighted by Gasteiger charge is -1.99. The van der Waals surface area contributed by atoms with Crippen LogP contribution in [0.4, 0.5) is 4.39 Å². The summed E-state index contributed by atoms with van der Waals surface area (Å²) in [6, 6.07) is 13.8. The van der Waals surface area contributed by atoms with Gasteiger partial charge in [0.05, 0.1) is 5.56 Å². The van der Waals surface area contributed by atoms with Crippen LogP contribution in [0.1, 0.15) is 11.1 Å². The highest BCUT2D eigenvalue weighted by Gasteiger charge is 2.25. The number of esters is 1. The molecule has 3 nitrogen and oxygen atoms in total. The lowest BCUT2D eigenvalue weighted by molar-refractivity contribution is -0.129. The molecule has 1 aliphatic heterocycles. The second kappa shape index (κ2) is 6.15. The topological polar surface area (TPSA) is 38.7 Å². The normalized spacial score (nSPS) is 15.8. The van der Waals surface area contributed by atoms with E-state index in [4.69, 9.17) is 4.74 Å². The van der Waals surface area contributed by atoms with Crippen LogP contribution in [-0.4, -0.2) is 18.1 Å². The summed E-state index contributed by atoms with van der Waals surface area (Å²) in [5.74, 6) is -1.05. The van der Waals surface area contributed by atoms with Crippen LogP contribution in [0.15, 0.2) is 64.1 Å². The molecule has 0 aromatic heterocycles. The van der Waals surface area contributed by atoms with E-state index in [1.54, 1.807) is 30.0 Å². The van der Waals surface area contributed by atoms with Crippen molar-refractivity contribution in [2.45, 2.75) is 4.90 Å². The van der Waals surface area contributed by atoms with E-state index in [0.717, 1.165) is 10.5 Å². The summed E-state index contributed by atoms with van der Waals surface area (Å²) < 4.78 is 18.8. The van der Waals surface area contributed by atoms with E-state index in [-0.39, 0.29) is 17.2 Å². The van der Waals surface area contributed by atoms with Gasteiger partial charge in [-0.15, -0.1) is 11.8 Å². The van der Waals surface area contributed by atoms with Gasteiger partial charge in [0.1, 0.15) is 5.82 Å². The van der Waals surface area contributed by atoms with E-state index in [9.17, 15) is 9.18 Å². The summed E-state index contributed by atoms with van der Waals surface area (Å²) in [6.07, 6.45) is 3.62. The minimum Gasteiger partial charge on any atom is -0.402 e. The maximum absolute atomic E-state index is 13.7. The largest absolute Gasteiger partial charge is 0.402 e. The number of ether oxygens (including phenoxy) is 1. The van der Waals surface area contributed by atoms with Crippen molar-refractivity contribution in [1.82, 2.24) is 0 Å². The highest BCUT2D eigenvalue weighted by Crippen LogP contribution is 2.22. The molecule has 0 saturated carbocycles. The summed E-state index contributed by atoms with van der Waals surface area (Å²) in [6.45, 7) is 0. The molecule has 22 heavy (non-hydrogen) atoms. The van der Waals surface area contributed by atoms with E-state index < -0.39 is 11.8 Å². The van der Waals surface area contributed by atoms with Crippen molar-refractivity contribution in [3.63, 3.8) is 0 Å². The van der Waals surface area contributed by atoms with Gasteiger partial charge in [0.15, 0.2) is 5.70 Å². The number of aliphatic imine (C=N–C) groups is 1. The van der Waals surface area contributed by atoms with Gasteiger partial charge < -0.3 is 4.74 Å². The molecule has 5 heteroatoms. The van der Waals surface area contributed by atoms with Crippen LogP contribution in [0.3, 0.4) is 0 Å². The number of carbonyl (C=O) groups is 1. The van der Waals surface area contributed by atoms with Gasteiger partial charge in [-0.05, 0) is 42.2 Å². The predicted octanol–water partition coefficient (Wildman–Crippen LogP) is 3.89. The Bertz CT molecular complexity index is 782. The maximum Gasteiger partial charge on any atom is 0.363 e. The molecule has 1 heterocycles. The van der Waals surface area contributed by atoms with Crippen molar-refractivity contribution in [2.24, 2.45) is 4.99 Å². The molecule has 2 aromatic carbocycles. The van der Waals surface area contributed by atoms with E-state index in [0.29, 0.717) is 0 Å². The number of nitrogens with zero attached hydrogens (tertiary/aromatic N) is 1. The standard InChI is InChI=1S/C17H12FNO2S/c1-22-12-8-6-11(7-9-12)10-15-17(20)21-16(19-15)13-4-2-3-5-14(13)18/h2-10H,1H3/b15-10-. The van der Waals surface area contributed by atoms with Crippen molar-refractivity contribution < 1.29 is 13.9 Å². The maximum atomic E-state index is 13.7. The molecule has 0 aliphatic carbocycles. The summed E-state index contributed by atoms with van der Waals surface area (Å²) in [5, 5.41) is 0. The lowest BCUT2D eigenvalue weighted by atomic mass is 10.2. The zero-order valence-electron chi connectivity index (χ0n) is 11.7. The minimum absolute atomic E-state index is 0.00455. The van der Waals surface area contributed by atoms with Crippen LogP contribution in [0.5, 0.6) is 0 Å². The second-order valence-corrected chi connectivity index (χ2v) is 5.47. The fraction of sp³-hybridized carbons (Fsp3) is 0.0588.